The summed E-state index contributed by atoms with van der Waals surface area (Å²) in [5, 5.41) is 0. The highest BCUT2D eigenvalue weighted by molar-refractivity contribution is 5.81. The zero-order valence-electron chi connectivity index (χ0n) is 11.8. The van der Waals surface area contributed by atoms with Gasteiger partial charge in [-0.25, -0.2) is 0 Å². The normalized spacial score (nSPS) is 15.2. The van der Waals surface area contributed by atoms with Crippen molar-refractivity contribution in [3.05, 3.63) is 0 Å². The van der Waals surface area contributed by atoms with E-state index in [1.807, 2.05) is 25.8 Å². The van der Waals surface area contributed by atoms with Gasteiger partial charge >= 0.3 is 0 Å². The summed E-state index contributed by atoms with van der Waals surface area (Å²) in [6, 6.07) is 0. The van der Waals surface area contributed by atoms with Crippen molar-refractivity contribution in [3.63, 3.8) is 0 Å². The Kier molecular flexibility index (Phi) is 6.12. The number of carbonyl (C=O) groups excluding carboxylic acids is 2. The Morgan fingerprint density at radius 2 is 1.61 bits per heavy atom. The van der Waals surface area contributed by atoms with Crippen molar-refractivity contribution >= 4 is 11.8 Å². The van der Waals surface area contributed by atoms with E-state index in [0.717, 1.165) is 39.0 Å². The lowest BCUT2D eigenvalue weighted by atomic mass is 10.4. The first kappa shape index (κ1) is 15.0. The van der Waals surface area contributed by atoms with Crippen LogP contribution >= 0.6 is 0 Å². The van der Waals surface area contributed by atoms with Crippen LogP contribution in [0, 0.1) is 0 Å². The van der Waals surface area contributed by atoms with Crippen LogP contribution in [0.4, 0.5) is 0 Å². The van der Waals surface area contributed by atoms with Gasteiger partial charge < -0.3 is 9.80 Å². The average Bonchev–Trinajstić information content (AvgIpc) is 2.83. The van der Waals surface area contributed by atoms with Crippen LogP contribution in [0.1, 0.15) is 26.7 Å². The molecule has 0 radical (unpaired) electrons. The van der Waals surface area contributed by atoms with E-state index in [2.05, 4.69) is 0 Å². The number of rotatable bonds is 6. The Bertz CT molecular complexity index is 268. The molecular weight excluding hydrogens is 230 g/mol. The summed E-state index contributed by atoms with van der Waals surface area (Å²) in [7, 11) is 1.83. The molecule has 0 bridgehead atoms. The first-order valence-electron chi connectivity index (χ1n) is 6.82. The van der Waals surface area contributed by atoms with Gasteiger partial charge in [0.1, 0.15) is 0 Å². The van der Waals surface area contributed by atoms with Gasteiger partial charge in [0, 0.05) is 26.2 Å². The molecular formula is C13H25N3O2. The van der Waals surface area contributed by atoms with Crippen LogP contribution in [0.2, 0.25) is 0 Å². The van der Waals surface area contributed by atoms with Crippen LogP contribution in [0.5, 0.6) is 0 Å². The highest BCUT2D eigenvalue weighted by atomic mass is 16.2. The summed E-state index contributed by atoms with van der Waals surface area (Å²) in [5.41, 5.74) is 0. The van der Waals surface area contributed by atoms with Gasteiger partial charge in [-0.05, 0) is 33.7 Å². The van der Waals surface area contributed by atoms with Crippen LogP contribution in [0.15, 0.2) is 0 Å². The number of nitrogens with zero attached hydrogens (tertiary/aromatic N) is 3. The van der Waals surface area contributed by atoms with E-state index in [0.29, 0.717) is 13.1 Å². The van der Waals surface area contributed by atoms with Gasteiger partial charge in [0.15, 0.2) is 0 Å². The third kappa shape index (κ3) is 4.29. The molecule has 0 spiro atoms. The summed E-state index contributed by atoms with van der Waals surface area (Å²) in [4.78, 5) is 29.3. The van der Waals surface area contributed by atoms with Crippen molar-refractivity contribution in [1.82, 2.24) is 14.7 Å². The molecule has 1 aliphatic rings. The average molecular weight is 255 g/mol. The molecule has 0 saturated carbocycles. The van der Waals surface area contributed by atoms with Crippen molar-refractivity contribution in [2.75, 3.05) is 46.3 Å². The second-order valence-corrected chi connectivity index (χ2v) is 4.83. The monoisotopic (exact) mass is 255 g/mol. The maximum atomic E-state index is 11.9. The van der Waals surface area contributed by atoms with Crippen LogP contribution in [-0.4, -0.2) is 72.8 Å². The third-order valence-corrected chi connectivity index (χ3v) is 3.39. The standard InChI is InChI=1S/C13H25N3O2/c1-4-15(5-2)12(17)10-14(3)11-13(18)16-8-6-7-9-16/h4-11H2,1-3H3. The molecule has 0 aliphatic carbocycles. The minimum Gasteiger partial charge on any atom is -0.342 e. The molecule has 18 heavy (non-hydrogen) atoms. The molecule has 0 atom stereocenters. The number of hydrogen-bond donors (Lipinski definition) is 0. The van der Waals surface area contributed by atoms with Crippen molar-refractivity contribution in [2.24, 2.45) is 0 Å². The second-order valence-electron chi connectivity index (χ2n) is 4.83. The van der Waals surface area contributed by atoms with Gasteiger partial charge in [0.05, 0.1) is 13.1 Å². The van der Waals surface area contributed by atoms with Crippen LogP contribution < -0.4 is 0 Å². The van der Waals surface area contributed by atoms with Crippen LogP contribution in [0.3, 0.4) is 0 Å². The SMILES string of the molecule is CCN(CC)C(=O)CN(C)CC(=O)N1CCCC1. The van der Waals surface area contributed by atoms with Crippen LogP contribution in [-0.2, 0) is 9.59 Å². The summed E-state index contributed by atoms with van der Waals surface area (Å²) >= 11 is 0. The lowest BCUT2D eigenvalue weighted by molar-refractivity contribution is -0.134. The molecule has 1 aliphatic heterocycles. The second kappa shape index (κ2) is 7.36. The highest BCUT2D eigenvalue weighted by Gasteiger charge is 2.20. The minimum absolute atomic E-state index is 0.0942. The lowest BCUT2D eigenvalue weighted by Crippen LogP contribution is -2.43. The first-order chi connectivity index (χ1) is 8.58. The maximum absolute atomic E-state index is 11.9. The Hall–Kier alpha value is -1.10. The van der Waals surface area contributed by atoms with Crippen molar-refractivity contribution < 1.29 is 9.59 Å². The molecule has 5 heteroatoms. The Morgan fingerprint density at radius 3 is 2.11 bits per heavy atom. The number of hydrogen-bond acceptors (Lipinski definition) is 3. The topological polar surface area (TPSA) is 43.9 Å². The number of carbonyl (C=O) groups is 2. The Morgan fingerprint density at radius 1 is 1.06 bits per heavy atom. The fraction of sp³-hybridized carbons (Fsp3) is 0.846. The number of amides is 2. The van der Waals surface area contributed by atoms with E-state index in [1.165, 1.54) is 0 Å². The van der Waals surface area contributed by atoms with Gasteiger partial charge in [0.25, 0.3) is 0 Å². The summed E-state index contributed by atoms with van der Waals surface area (Å²) in [5.74, 6) is 0.235. The van der Waals surface area contributed by atoms with Crippen molar-refractivity contribution in [3.8, 4) is 0 Å². The fourth-order valence-electron chi connectivity index (χ4n) is 2.26. The quantitative estimate of drug-likeness (QED) is 0.690. The van der Waals surface area contributed by atoms with Crippen molar-refractivity contribution in [1.29, 1.82) is 0 Å². The molecule has 0 unspecified atom stereocenters. The van der Waals surface area contributed by atoms with E-state index in [4.69, 9.17) is 0 Å². The smallest absolute Gasteiger partial charge is 0.236 e. The van der Waals surface area contributed by atoms with Crippen molar-refractivity contribution in [2.45, 2.75) is 26.7 Å². The fourth-order valence-corrected chi connectivity index (χ4v) is 2.26. The highest BCUT2D eigenvalue weighted by Crippen LogP contribution is 2.07. The molecule has 0 aromatic carbocycles. The zero-order valence-corrected chi connectivity index (χ0v) is 11.8. The summed E-state index contributed by atoms with van der Waals surface area (Å²) < 4.78 is 0. The van der Waals surface area contributed by atoms with E-state index in [9.17, 15) is 9.59 Å². The molecule has 1 heterocycles. The van der Waals surface area contributed by atoms with Gasteiger partial charge in [-0.1, -0.05) is 0 Å². The molecule has 104 valence electrons. The van der Waals surface area contributed by atoms with Gasteiger partial charge in [-0.15, -0.1) is 0 Å². The Balaban J connectivity index is 2.33. The van der Waals surface area contributed by atoms with Gasteiger partial charge in [-0.3, -0.25) is 14.5 Å². The third-order valence-electron chi connectivity index (χ3n) is 3.39. The van der Waals surface area contributed by atoms with Crippen LogP contribution in [0.25, 0.3) is 0 Å². The molecule has 0 aromatic heterocycles. The summed E-state index contributed by atoms with van der Waals surface area (Å²) in [6.07, 6.45) is 2.21. The minimum atomic E-state index is 0.0942. The van der Waals surface area contributed by atoms with Gasteiger partial charge in [0.2, 0.25) is 11.8 Å². The largest absolute Gasteiger partial charge is 0.342 e. The molecule has 5 nitrogen and oxygen atoms in total. The van der Waals surface area contributed by atoms with E-state index >= 15 is 0 Å². The molecule has 2 amide bonds. The predicted molar refractivity (Wildman–Crippen MR) is 71.2 cm³/mol. The lowest BCUT2D eigenvalue weighted by Gasteiger charge is -2.24. The Labute approximate surface area is 110 Å². The first-order valence-corrected chi connectivity index (χ1v) is 6.82. The van der Waals surface area contributed by atoms with Gasteiger partial charge in [-0.2, -0.15) is 0 Å². The predicted octanol–water partition coefficient (Wildman–Crippen LogP) is 0.409. The molecule has 0 aromatic rings. The number of likely N-dealkylation sites (tertiary alicyclic amines) is 1. The number of likely N-dealkylation sites (N-methyl/N-ethyl adjacent to an activating group) is 2. The molecule has 1 fully saturated rings. The summed E-state index contributed by atoms with van der Waals surface area (Å²) in [6.45, 7) is 7.79. The maximum Gasteiger partial charge on any atom is 0.236 e. The van der Waals surface area contributed by atoms with E-state index in [-0.39, 0.29) is 11.8 Å². The van der Waals surface area contributed by atoms with E-state index in [1.54, 1.807) is 9.80 Å². The zero-order chi connectivity index (χ0) is 13.5. The molecule has 1 saturated heterocycles. The molecule has 1 rings (SSSR count). The van der Waals surface area contributed by atoms with E-state index < -0.39 is 0 Å². The molecule has 0 N–H and O–H groups in total.